The van der Waals surface area contributed by atoms with Crippen LogP contribution in [0.4, 0.5) is 5.69 Å². The summed E-state index contributed by atoms with van der Waals surface area (Å²) in [7, 11) is 2.29. The number of esters is 2. The van der Waals surface area contributed by atoms with Gasteiger partial charge >= 0.3 is 11.9 Å². The Bertz CT molecular complexity index is 1420. The van der Waals surface area contributed by atoms with Crippen molar-refractivity contribution >= 4 is 51.9 Å². The van der Waals surface area contributed by atoms with Crippen LogP contribution in [0.5, 0.6) is 0 Å². The molecule has 1 aromatic heterocycles. The summed E-state index contributed by atoms with van der Waals surface area (Å²) in [6, 6.07) is 12.0. The first-order valence-electron chi connectivity index (χ1n) is 9.61. The van der Waals surface area contributed by atoms with Gasteiger partial charge in [-0.2, -0.15) is 5.26 Å². The van der Waals surface area contributed by atoms with Crippen molar-refractivity contribution in [3.8, 4) is 6.07 Å². The predicted molar refractivity (Wildman–Crippen MR) is 121 cm³/mol. The van der Waals surface area contributed by atoms with Gasteiger partial charge in [0.1, 0.15) is 11.5 Å². The van der Waals surface area contributed by atoms with Crippen LogP contribution in [-0.4, -0.2) is 36.5 Å². The second-order valence-electron chi connectivity index (χ2n) is 6.99. The monoisotopic (exact) mass is 499 g/mol. The van der Waals surface area contributed by atoms with Gasteiger partial charge in [-0.25, -0.2) is 14.2 Å². The van der Waals surface area contributed by atoms with Crippen LogP contribution >= 0.6 is 23.2 Å². The number of fused-ring (bicyclic) bond motifs is 1. The minimum absolute atomic E-state index is 0.00257. The molecule has 34 heavy (non-hydrogen) atoms. The molecule has 12 heteroatoms. The first-order valence-corrected chi connectivity index (χ1v) is 10.4. The van der Waals surface area contributed by atoms with E-state index in [2.05, 4.69) is 16.4 Å². The average molecular weight is 500 g/mol. The maximum absolute atomic E-state index is 13.1. The molecule has 1 unspecified atom stereocenters. The van der Waals surface area contributed by atoms with Crippen LogP contribution < -0.4 is 10.6 Å². The van der Waals surface area contributed by atoms with E-state index < -0.39 is 17.9 Å². The maximum Gasteiger partial charge on any atom is 0.355 e. The van der Waals surface area contributed by atoms with Gasteiger partial charge in [0.25, 0.3) is 0 Å². The highest BCUT2D eigenvalue weighted by molar-refractivity contribution is 6.40. The molecular formula is C22H15Cl2N5O5. The van der Waals surface area contributed by atoms with Crippen molar-refractivity contribution in [3.05, 3.63) is 74.7 Å². The number of nitriles is 1. The summed E-state index contributed by atoms with van der Waals surface area (Å²) >= 11 is 12.7. The number of rotatable bonds is 4. The van der Waals surface area contributed by atoms with Crippen molar-refractivity contribution < 1.29 is 23.7 Å². The zero-order valence-electron chi connectivity index (χ0n) is 17.7. The van der Waals surface area contributed by atoms with E-state index in [9.17, 15) is 14.9 Å². The van der Waals surface area contributed by atoms with Crippen molar-refractivity contribution in [2.24, 2.45) is 5.73 Å². The fraction of sp³-hybridized carbons (Fsp3) is 0.136. The largest absolute Gasteiger partial charge is 0.466 e. The zero-order chi connectivity index (χ0) is 24.6. The van der Waals surface area contributed by atoms with Crippen molar-refractivity contribution in [2.75, 3.05) is 19.1 Å². The van der Waals surface area contributed by atoms with E-state index in [0.29, 0.717) is 5.56 Å². The normalized spacial score (nSPS) is 16.0. The molecule has 1 aliphatic rings. The molecule has 0 bridgehead atoms. The maximum atomic E-state index is 13.1. The van der Waals surface area contributed by atoms with Crippen LogP contribution in [-0.2, 0) is 19.1 Å². The van der Waals surface area contributed by atoms with Crippen molar-refractivity contribution in [1.82, 2.24) is 10.3 Å². The Morgan fingerprint density at radius 1 is 1.09 bits per heavy atom. The van der Waals surface area contributed by atoms with Gasteiger partial charge in [-0.05, 0) is 21.9 Å². The van der Waals surface area contributed by atoms with Crippen LogP contribution in [0.15, 0.2) is 63.7 Å². The second-order valence-corrected chi connectivity index (χ2v) is 7.80. The number of aromatic nitrogens is 2. The number of anilines is 1. The third-order valence-corrected chi connectivity index (χ3v) is 5.83. The molecule has 0 saturated heterocycles. The molecule has 0 saturated carbocycles. The van der Waals surface area contributed by atoms with E-state index in [1.165, 1.54) is 6.07 Å². The van der Waals surface area contributed by atoms with Crippen molar-refractivity contribution in [3.63, 3.8) is 0 Å². The highest BCUT2D eigenvalue weighted by Gasteiger charge is 2.44. The van der Waals surface area contributed by atoms with Crippen molar-refractivity contribution in [1.29, 1.82) is 5.26 Å². The number of allylic oxidation sites excluding steroid dienone is 1. The number of methoxy groups -OCH3 is 2. The molecule has 2 N–H and O–H groups in total. The fourth-order valence-corrected chi connectivity index (χ4v) is 4.39. The number of carbonyl (C=O) groups excluding carboxylic acids is 2. The number of ether oxygens (including phenoxy) is 2. The topological polar surface area (TPSA) is 145 Å². The van der Waals surface area contributed by atoms with Gasteiger partial charge < -0.3 is 15.2 Å². The third-order valence-electron chi connectivity index (χ3n) is 5.25. The van der Waals surface area contributed by atoms with Crippen molar-refractivity contribution in [2.45, 2.75) is 5.92 Å². The average Bonchev–Trinajstić information content (AvgIpc) is 3.34. The number of hydrogen-bond donors (Lipinski definition) is 1. The molecule has 172 valence electrons. The smallest absolute Gasteiger partial charge is 0.355 e. The predicted octanol–water partition coefficient (Wildman–Crippen LogP) is 3.43. The van der Waals surface area contributed by atoms with Gasteiger partial charge in [0, 0.05) is 0 Å². The molecule has 10 nitrogen and oxygen atoms in total. The van der Waals surface area contributed by atoms with Gasteiger partial charge in [0.15, 0.2) is 11.0 Å². The number of halogens is 2. The number of nitrogens with two attached hydrogens (primary N) is 1. The molecule has 1 aliphatic heterocycles. The zero-order valence-corrected chi connectivity index (χ0v) is 19.2. The van der Waals surface area contributed by atoms with Gasteiger partial charge in [-0.3, -0.25) is 4.90 Å². The van der Waals surface area contributed by atoms with Crippen LogP contribution in [0, 0.1) is 11.3 Å². The van der Waals surface area contributed by atoms with Gasteiger partial charge in [0.2, 0.25) is 0 Å². The minimum atomic E-state index is -1.03. The van der Waals surface area contributed by atoms with Gasteiger partial charge in [-0.1, -0.05) is 53.5 Å². The molecule has 0 amide bonds. The number of hydrogen-bond acceptors (Lipinski definition) is 10. The Balaban J connectivity index is 2.16. The molecule has 0 aliphatic carbocycles. The van der Waals surface area contributed by atoms with E-state index in [-0.39, 0.29) is 49.4 Å². The molecular weight excluding hydrogens is 485 g/mol. The van der Waals surface area contributed by atoms with Gasteiger partial charge in [-0.15, -0.1) is 0 Å². The highest BCUT2D eigenvalue weighted by atomic mass is 35.5. The Hall–Kier alpha value is -4.07. The molecule has 0 radical (unpaired) electrons. The van der Waals surface area contributed by atoms with E-state index in [4.69, 9.17) is 43.0 Å². The lowest BCUT2D eigenvalue weighted by Crippen LogP contribution is -2.41. The van der Waals surface area contributed by atoms with Crippen LogP contribution in [0.25, 0.3) is 11.0 Å². The lowest BCUT2D eigenvalue weighted by molar-refractivity contribution is -0.139. The summed E-state index contributed by atoms with van der Waals surface area (Å²) in [5, 5.41) is 17.8. The quantitative estimate of drug-likeness (QED) is 0.529. The SMILES string of the molecule is COC(=O)C1=C(C(=O)OC)N(c2c(Cl)cc(Cl)c3nonc23)C(N)=C(C#N)C1c1ccccc1. The second kappa shape index (κ2) is 9.05. The first kappa shape index (κ1) is 23.1. The Morgan fingerprint density at radius 2 is 1.74 bits per heavy atom. The molecule has 3 aromatic rings. The summed E-state index contributed by atoms with van der Waals surface area (Å²) in [6.45, 7) is 0. The lowest BCUT2D eigenvalue weighted by Gasteiger charge is -2.36. The molecule has 0 fully saturated rings. The number of nitrogens with zero attached hydrogens (tertiary/aromatic N) is 4. The summed E-state index contributed by atoms with van der Waals surface area (Å²) < 4.78 is 14.8. The molecule has 2 heterocycles. The van der Waals surface area contributed by atoms with E-state index in [1.807, 2.05) is 0 Å². The first-order chi connectivity index (χ1) is 16.3. The van der Waals surface area contributed by atoms with Gasteiger partial charge in [0.05, 0.1) is 53.1 Å². The number of benzene rings is 2. The van der Waals surface area contributed by atoms with E-state index in [0.717, 1.165) is 19.1 Å². The van der Waals surface area contributed by atoms with E-state index >= 15 is 0 Å². The standard InChI is InChI=1S/C22H15Cl2N5O5/c1-32-21(30)15-14(10-6-4-3-5-7-10)11(9-25)20(26)29(19(15)22(31)33-2)18-13(24)8-12(23)16-17(18)28-34-27-16/h3-8,14H,26H2,1-2H3. The Kier molecular flexibility index (Phi) is 6.15. The summed E-state index contributed by atoms with van der Waals surface area (Å²) in [5.74, 6) is -3.02. The summed E-state index contributed by atoms with van der Waals surface area (Å²) in [4.78, 5) is 27.3. The van der Waals surface area contributed by atoms with Crippen LogP contribution in [0.1, 0.15) is 11.5 Å². The third kappa shape index (κ3) is 3.51. The molecule has 4 rings (SSSR count). The highest BCUT2D eigenvalue weighted by Crippen LogP contribution is 2.47. The summed E-state index contributed by atoms with van der Waals surface area (Å²) in [6.07, 6.45) is 0. The minimum Gasteiger partial charge on any atom is -0.466 e. The van der Waals surface area contributed by atoms with Crippen LogP contribution in [0.3, 0.4) is 0 Å². The Morgan fingerprint density at radius 3 is 2.35 bits per heavy atom. The fourth-order valence-electron chi connectivity index (χ4n) is 3.82. The molecule has 1 atom stereocenters. The van der Waals surface area contributed by atoms with E-state index in [1.54, 1.807) is 30.3 Å². The Labute approximate surface area is 202 Å². The lowest BCUT2D eigenvalue weighted by atomic mass is 9.81. The van der Waals surface area contributed by atoms with Crippen LogP contribution in [0.2, 0.25) is 10.0 Å². The molecule has 2 aromatic carbocycles. The molecule has 0 spiro atoms. The number of carbonyl (C=O) groups is 2. The summed E-state index contributed by atoms with van der Waals surface area (Å²) in [5.41, 5.74) is 6.65.